The second kappa shape index (κ2) is 3.97. The van der Waals surface area contributed by atoms with E-state index in [0.717, 1.165) is 0 Å². The van der Waals surface area contributed by atoms with Crippen LogP contribution in [0.3, 0.4) is 0 Å². The highest BCUT2D eigenvalue weighted by molar-refractivity contribution is 4.93. The Morgan fingerprint density at radius 1 is 1.31 bits per heavy atom. The number of hydrogen-bond donors (Lipinski definition) is 1. The number of likely N-dealkylation sites (tertiary alicyclic amines) is 1. The van der Waals surface area contributed by atoms with E-state index in [1.807, 2.05) is 0 Å². The lowest BCUT2D eigenvalue weighted by Crippen LogP contribution is -2.58. The summed E-state index contributed by atoms with van der Waals surface area (Å²) in [7, 11) is 0. The largest absolute Gasteiger partial charge is 0.324 e. The van der Waals surface area contributed by atoms with E-state index in [1.165, 1.54) is 25.8 Å². The predicted octanol–water partition coefficient (Wildman–Crippen LogP) is 1.99. The van der Waals surface area contributed by atoms with Crippen molar-refractivity contribution in [1.82, 2.24) is 4.90 Å². The average molecular weight is 184 g/mol. The quantitative estimate of drug-likeness (QED) is 0.711. The molecular weight excluding hydrogens is 160 g/mol. The van der Waals surface area contributed by atoms with Gasteiger partial charge in [0.2, 0.25) is 0 Å². The molecule has 1 rings (SSSR count). The van der Waals surface area contributed by atoms with E-state index in [-0.39, 0.29) is 5.54 Å². The Morgan fingerprint density at radius 2 is 1.92 bits per heavy atom. The summed E-state index contributed by atoms with van der Waals surface area (Å²) in [6.45, 7) is 10.1. The fraction of sp³-hybridized carbons (Fsp3) is 1.00. The molecule has 1 heterocycles. The molecule has 0 aromatic heterocycles. The maximum atomic E-state index is 6.20. The summed E-state index contributed by atoms with van der Waals surface area (Å²) in [5.41, 5.74) is 6.15. The molecule has 0 bridgehead atoms. The number of piperidine rings is 1. The van der Waals surface area contributed by atoms with Crippen molar-refractivity contribution in [2.45, 2.75) is 64.6 Å². The van der Waals surface area contributed by atoms with Crippen molar-refractivity contribution in [2.75, 3.05) is 6.54 Å². The minimum atomic E-state index is -0.0509. The molecule has 0 amide bonds. The first-order valence-corrected chi connectivity index (χ1v) is 5.47. The topological polar surface area (TPSA) is 29.3 Å². The third-order valence-electron chi connectivity index (χ3n) is 3.07. The van der Waals surface area contributed by atoms with Crippen LogP contribution in [0.4, 0.5) is 0 Å². The molecule has 0 spiro atoms. The molecule has 1 fully saturated rings. The molecule has 2 N–H and O–H groups in total. The van der Waals surface area contributed by atoms with E-state index in [9.17, 15) is 0 Å². The number of nitrogens with two attached hydrogens (primary N) is 1. The minimum Gasteiger partial charge on any atom is -0.324 e. The summed E-state index contributed by atoms with van der Waals surface area (Å²) < 4.78 is 0. The van der Waals surface area contributed by atoms with Gasteiger partial charge in [0, 0.05) is 17.6 Å². The third-order valence-corrected chi connectivity index (χ3v) is 3.07. The number of nitrogens with zero attached hydrogens (tertiary/aromatic N) is 1. The minimum absolute atomic E-state index is 0.0509. The lowest BCUT2D eigenvalue weighted by atomic mass is 9.86. The van der Waals surface area contributed by atoms with Gasteiger partial charge in [-0.3, -0.25) is 4.90 Å². The fourth-order valence-corrected chi connectivity index (χ4v) is 2.37. The van der Waals surface area contributed by atoms with Crippen molar-refractivity contribution >= 4 is 0 Å². The Kier molecular flexibility index (Phi) is 3.36. The number of rotatable bonds is 2. The van der Waals surface area contributed by atoms with Gasteiger partial charge in [0.1, 0.15) is 0 Å². The first-order chi connectivity index (χ1) is 5.93. The molecule has 2 heteroatoms. The van der Waals surface area contributed by atoms with Gasteiger partial charge in [-0.25, -0.2) is 0 Å². The van der Waals surface area contributed by atoms with Crippen molar-refractivity contribution in [3.63, 3.8) is 0 Å². The van der Waals surface area contributed by atoms with Crippen molar-refractivity contribution in [1.29, 1.82) is 0 Å². The average Bonchev–Trinajstić information content (AvgIpc) is 2.03. The monoisotopic (exact) mass is 184 g/mol. The van der Waals surface area contributed by atoms with Gasteiger partial charge >= 0.3 is 0 Å². The van der Waals surface area contributed by atoms with Crippen LogP contribution in [0, 0.1) is 0 Å². The van der Waals surface area contributed by atoms with Crippen LogP contribution in [0.2, 0.25) is 0 Å². The third kappa shape index (κ3) is 2.68. The van der Waals surface area contributed by atoms with Crippen molar-refractivity contribution < 1.29 is 0 Å². The molecule has 0 radical (unpaired) electrons. The van der Waals surface area contributed by atoms with E-state index in [4.69, 9.17) is 5.73 Å². The maximum Gasteiger partial charge on any atom is 0.0273 e. The van der Waals surface area contributed by atoms with Gasteiger partial charge in [-0.05, 0) is 47.1 Å². The summed E-state index contributed by atoms with van der Waals surface area (Å²) in [5.74, 6) is 0. The summed E-state index contributed by atoms with van der Waals surface area (Å²) in [5, 5.41) is 0. The molecule has 0 aromatic carbocycles. The van der Waals surface area contributed by atoms with Gasteiger partial charge in [0.05, 0.1) is 0 Å². The molecule has 0 unspecified atom stereocenters. The summed E-state index contributed by atoms with van der Waals surface area (Å²) in [4.78, 5) is 2.56. The normalized spacial score (nSPS) is 26.8. The highest BCUT2D eigenvalue weighted by Crippen LogP contribution is 2.25. The molecule has 1 aliphatic rings. The summed E-state index contributed by atoms with van der Waals surface area (Å²) in [6, 6.07) is 1.20. The van der Waals surface area contributed by atoms with Gasteiger partial charge in [0.25, 0.3) is 0 Å². The van der Waals surface area contributed by atoms with E-state index in [1.54, 1.807) is 0 Å². The summed E-state index contributed by atoms with van der Waals surface area (Å²) in [6.07, 6.45) is 3.95. The zero-order valence-electron chi connectivity index (χ0n) is 9.51. The first kappa shape index (κ1) is 11.0. The molecular formula is C11H24N2. The van der Waals surface area contributed by atoms with E-state index in [2.05, 4.69) is 32.6 Å². The van der Waals surface area contributed by atoms with Gasteiger partial charge in [-0.15, -0.1) is 0 Å². The lowest BCUT2D eigenvalue weighted by Gasteiger charge is -2.45. The van der Waals surface area contributed by atoms with Gasteiger partial charge in [0.15, 0.2) is 0 Å². The molecule has 1 saturated heterocycles. The molecule has 13 heavy (non-hydrogen) atoms. The van der Waals surface area contributed by atoms with Crippen molar-refractivity contribution in [3.05, 3.63) is 0 Å². The Bertz CT molecular complexity index is 158. The molecule has 0 aliphatic carbocycles. The van der Waals surface area contributed by atoms with Crippen LogP contribution in [-0.4, -0.2) is 29.1 Å². The first-order valence-electron chi connectivity index (χ1n) is 5.47. The molecule has 78 valence electrons. The van der Waals surface area contributed by atoms with Crippen LogP contribution in [0.25, 0.3) is 0 Å². The van der Waals surface area contributed by atoms with E-state index < -0.39 is 0 Å². The number of hydrogen-bond acceptors (Lipinski definition) is 2. The molecule has 0 saturated carbocycles. The second-order valence-corrected chi connectivity index (χ2v) is 5.16. The van der Waals surface area contributed by atoms with Crippen LogP contribution in [0.5, 0.6) is 0 Å². The predicted molar refractivity (Wildman–Crippen MR) is 57.7 cm³/mol. The molecule has 2 nitrogen and oxygen atoms in total. The zero-order chi connectivity index (χ0) is 10.1. The van der Waals surface area contributed by atoms with Crippen LogP contribution in [0.15, 0.2) is 0 Å². The SMILES string of the molecule is CC(C)N1CCCC[C@H]1C(C)(C)N. The Hall–Kier alpha value is -0.0800. The van der Waals surface area contributed by atoms with Crippen LogP contribution in [-0.2, 0) is 0 Å². The molecule has 1 aliphatic heterocycles. The summed E-state index contributed by atoms with van der Waals surface area (Å²) >= 11 is 0. The smallest absolute Gasteiger partial charge is 0.0273 e. The van der Waals surface area contributed by atoms with Gasteiger partial charge < -0.3 is 5.73 Å². The maximum absolute atomic E-state index is 6.20. The lowest BCUT2D eigenvalue weighted by molar-refractivity contribution is 0.0674. The highest BCUT2D eigenvalue weighted by Gasteiger charge is 2.33. The molecule has 1 atom stereocenters. The highest BCUT2D eigenvalue weighted by atomic mass is 15.2. The Morgan fingerprint density at radius 3 is 2.31 bits per heavy atom. The second-order valence-electron chi connectivity index (χ2n) is 5.16. The van der Waals surface area contributed by atoms with E-state index in [0.29, 0.717) is 12.1 Å². The van der Waals surface area contributed by atoms with Gasteiger partial charge in [-0.1, -0.05) is 6.42 Å². The Labute approximate surface area is 82.5 Å². The molecule has 0 aromatic rings. The van der Waals surface area contributed by atoms with Crippen molar-refractivity contribution in [2.24, 2.45) is 5.73 Å². The van der Waals surface area contributed by atoms with Crippen LogP contribution >= 0.6 is 0 Å². The van der Waals surface area contributed by atoms with Gasteiger partial charge in [-0.2, -0.15) is 0 Å². The fourth-order valence-electron chi connectivity index (χ4n) is 2.37. The Balaban J connectivity index is 2.67. The van der Waals surface area contributed by atoms with Crippen LogP contribution in [0.1, 0.15) is 47.0 Å². The zero-order valence-corrected chi connectivity index (χ0v) is 9.51. The van der Waals surface area contributed by atoms with Crippen LogP contribution < -0.4 is 5.73 Å². The van der Waals surface area contributed by atoms with Crippen molar-refractivity contribution in [3.8, 4) is 0 Å². The van der Waals surface area contributed by atoms with E-state index >= 15 is 0 Å². The standard InChI is InChI=1S/C11H24N2/c1-9(2)13-8-6-5-7-10(13)11(3,4)12/h9-10H,5-8,12H2,1-4H3/t10-/m0/s1.